The molecule has 0 aliphatic rings. The topological polar surface area (TPSA) is 47.6 Å². The molecule has 0 aliphatic heterocycles. The summed E-state index contributed by atoms with van der Waals surface area (Å²) in [4.78, 5) is 11.6. The number of hydrogen-bond donors (Lipinski definition) is 1. The Labute approximate surface area is 90.3 Å². The Kier molecular flexibility index (Phi) is 5.94. The zero-order chi connectivity index (χ0) is 11.8. The molecule has 0 heterocycles. The molecule has 0 saturated carbocycles. The fourth-order valence-electron chi connectivity index (χ4n) is 1.01. The summed E-state index contributed by atoms with van der Waals surface area (Å²) in [5, 5.41) is 2.50. The van der Waals surface area contributed by atoms with Crippen molar-refractivity contribution >= 4 is 5.91 Å². The molecular formula is C11H17NO3. The molecule has 84 valence electrons. The minimum absolute atomic E-state index is 0.268. The lowest BCUT2D eigenvalue weighted by molar-refractivity contribution is -0.117. The smallest absolute Gasteiger partial charge is 0.258 e. The molecule has 0 fully saturated rings. The molecule has 0 saturated heterocycles. The van der Waals surface area contributed by atoms with Gasteiger partial charge >= 0.3 is 0 Å². The molecular weight excluding hydrogens is 194 g/mol. The van der Waals surface area contributed by atoms with Gasteiger partial charge in [0.1, 0.15) is 17.1 Å². The zero-order valence-electron chi connectivity index (χ0n) is 9.59. The summed E-state index contributed by atoms with van der Waals surface area (Å²) in [5.41, 5.74) is 0.292. The van der Waals surface area contributed by atoms with E-state index in [1.165, 1.54) is 21.3 Å². The first-order valence-electron chi connectivity index (χ1n) is 4.48. The van der Waals surface area contributed by atoms with Crippen LogP contribution in [0.25, 0.3) is 0 Å². The predicted molar refractivity (Wildman–Crippen MR) is 59.1 cm³/mol. The molecule has 0 aliphatic carbocycles. The van der Waals surface area contributed by atoms with Crippen molar-refractivity contribution in [2.45, 2.75) is 6.92 Å². The van der Waals surface area contributed by atoms with Crippen LogP contribution >= 0.6 is 0 Å². The van der Waals surface area contributed by atoms with Crippen LogP contribution in [-0.2, 0) is 14.3 Å². The van der Waals surface area contributed by atoms with E-state index >= 15 is 0 Å². The number of carbonyl (C=O) groups excluding carboxylic acids is 1. The molecule has 0 rings (SSSR count). The molecule has 1 N–H and O–H groups in total. The van der Waals surface area contributed by atoms with E-state index in [4.69, 9.17) is 9.47 Å². The highest BCUT2D eigenvalue weighted by molar-refractivity contribution is 5.97. The Morgan fingerprint density at radius 2 is 1.93 bits per heavy atom. The maximum atomic E-state index is 11.6. The average molecular weight is 211 g/mol. The second-order valence-corrected chi connectivity index (χ2v) is 2.65. The van der Waals surface area contributed by atoms with Crippen LogP contribution in [0, 0.1) is 0 Å². The first-order chi connectivity index (χ1) is 7.12. The third-order valence-corrected chi connectivity index (χ3v) is 1.76. The minimum atomic E-state index is -0.295. The number of hydrogen-bond acceptors (Lipinski definition) is 3. The van der Waals surface area contributed by atoms with Gasteiger partial charge in [0.2, 0.25) is 0 Å². The number of carbonyl (C=O) groups is 1. The van der Waals surface area contributed by atoms with Crippen molar-refractivity contribution < 1.29 is 14.3 Å². The Balaban J connectivity index is 5.38. The van der Waals surface area contributed by atoms with Crippen molar-refractivity contribution in [1.82, 2.24) is 5.32 Å². The van der Waals surface area contributed by atoms with Crippen molar-refractivity contribution in [1.29, 1.82) is 0 Å². The summed E-state index contributed by atoms with van der Waals surface area (Å²) in [6.07, 6.45) is 3.44. The van der Waals surface area contributed by atoms with Crippen LogP contribution in [-0.4, -0.2) is 27.2 Å². The summed E-state index contributed by atoms with van der Waals surface area (Å²) >= 11 is 0. The normalized spacial score (nSPS) is 12.0. The Morgan fingerprint density at radius 1 is 1.33 bits per heavy atom. The molecule has 0 radical (unpaired) electrons. The van der Waals surface area contributed by atoms with Crippen LogP contribution in [0.2, 0.25) is 0 Å². The summed E-state index contributed by atoms with van der Waals surface area (Å²) in [5.74, 6) is 0.393. The first kappa shape index (κ1) is 13.3. The predicted octanol–water partition coefficient (Wildman–Crippen LogP) is 1.37. The zero-order valence-corrected chi connectivity index (χ0v) is 9.59. The van der Waals surface area contributed by atoms with Gasteiger partial charge in [-0.2, -0.15) is 0 Å². The number of ether oxygens (including phenoxy) is 2. The average Bonchev–Trinajstić information content (AvgIpc) is 2.27. The lowest BCUT2D eigenvalue weighted by Gasteiger charge is -2.11. The monoisotopic (exact) mass is 211 g/mol. The lowest BCUT2D eigenvalue weighted by atomic mass is 10.1. The van der Waals surface area contributed by atoms with Crippen molar-refractivity contribution in [2.24, 2.45) is 0 Å². The van der Waals surface area contributed by atoms with Crippen molar-refractivity contribution in [3.05, 3.63) is 35.8 Å². The molecule has 0 atom stereocenters. The van der Waals surface area contributed by atoms with Crippen LogP contribution < -0.4 is 5.32 Å². The third-order valence-electron chi connectivity index (χ3n) is 1.76. The third kappa shape index (κ3) is 3.50. The highest BCUT2D eigenvalue weighted by Crippen LogP contribution is 2.16. The standard InChI is InChI=1S/C11H17NO3/c1-6-7-9(15-5)10(8(2)14-4)11(13)12-3/h6-7H,2H2,1,3-5H3,(H,12,13)/b7-6-,10-9-. The number of allylic oxidation sites excluding steroid dienone is 2. The van der Waals surface area contributed by atoms with Gasteiger partial charge in [0, 0.05) is 7.05 Å². The van der Waals surface area contributed by atoms with E-state index < -0.39 is 0 Å². The molecule has 15 heavy (non-hydrogen) atoms. The lowest BCUT2D eigenvalue weighted by Crippen LogP contribution is -2.23. The van der Waals surface area contributed by atoms with Gasteiger partial charge in [-0.1, -0.05) is 12.7 Å². The van der Waals surface area contributed by atoms with Crippen LogP contribution in [0.15, 0.2) is 35.8 Å². The van der Waals surface area contributed by atoms with Crippen LogP contribution in [0.3, 0.4) is 0 Å². The summed E-state index contributed by atoms with van der Waals surface area (Å²) in [7, 11) is 4.48. The number of amides is 1. The number of rotatable bonds is 5. The van der Waals surface area contributed by atoms with E-state index in [0.717, 1.165) is 0 Å². The van der Waals surface area contributed by atoms with Crippen LogP contribution in [0.5, 0.6) is 0 Å². The van der Waals surface area contributed by atoms with Gasteiger partial charge in [-0.25, -0.2) is 0 Å². The fourth-order valence-corrected chi connectivity index (χ4v) is 1.01. The van der Waals surface area contributed by atoms with Gasteiger partial charge in [0.15, 0.2) is 0 Å². The second-order valence-electron chi connectivity index (χ2n) is 2.65. The largest absolute Gasteiger partial charge is 0.496 e. The fraction of sp³-hybridized carbons (Fsp3) is 0.364. The van der Waals surface area contributed by atoms with E-state index in [2.05, 4.69) is 11.9 Å². The highest BCUT2D eigenvalue weighted by Gasteiger charge is 2.17. The summed E-state index contributed by atoms with van der Waals surface area (Å²) in [6, 6.07) is 0. The number of likely N-dealkylation sites (N-methyl/N-ethyl adjacent to an activating group) is 1. The van der Waals surface area contributed by atoms with Gasteiger partial charge < -0.3 is 14.8 Å². The molecule has 0 unspecified atom stereocenters. The van der Waals surface area contributed by atoms with Gasteiger partial charge in [-0.3, -0.25) is 4.79 Å². The maximum Gasteiger partial charge on any atom is 0.258 e. The van der Waals surface area contributed by atoms with Crippen LogP contribution in [0.4, 0.5) is 0 Å². The van der Waals surface area contributed by atoms with E-state index in [9.17, 15) is 4.79 Å². The summed E-state index contributed by atoms with van der Waals surface area (Å²) in [6.45, 7) is 5.47. The molecule has 1 amide bonds. The molecule has 4 heteroatoms. The van der Waals surface area contributed by atoms with Gasteiger partial charge in [0.05, 0.1) is 14.2 Å². The second kappa shape index (κ2) is 6.70. The Morgan fingerprint density at radius 3 is 2.27 bits per heavy atom. The van der Waals surface area contributed by atoms with E-state index in [-0.39, 0.29) is 11.7 Å². The van der Waals surface area contributed by atoms with E-state index in [1.807, 2.05) is 6.92 Å². The SMILES string of the molecule is C=C(OC)/C(C(=O)NC)=C(\C=C/C)OC. The van der Waals surface area contributed by atoms with Crippen LogP contribution in [0.1, 0.15) is 6.92 Å². The molecule has 0 aromatic heterocycles. The van der Waals surface area contributed by atoms with Gasteiger partial charge in [-0.15, -0.1) is 0 Å². The quantitative estimate of drug-likeness (QED) is 0.424. The highest BCUT2D eigenvalue weighted by atomic mass is 16.5. The van der Waals surface area contributed by atoms with E-state index in [0.29, 0.717) is 11.3 Å². The van der Waals surface area contributed by atoms with E-state index in [1.54, 1.807) is 12.2 Å². The maximum absolute atomic E-state index is 11.6. The summed E-state index contributed by atoms with van der Waals surface area (Å²) < 4.78 is 10.0. The Hall–Kier alpha value is -1.71. The molecule has 0 aromatic carbocycles. The Bertz CT molecular complexity index is 285. The first-order valence-corrected chi connectivity index (χ1v) is 4.48. The minimum Gasteiger partial charge on any atom is -0.496 e. The van der Waals surface area contributed by atoms with Crippen molar-refractivity contribution in [3.63, 3.8) is 0 Å². The van der Waals surface area contributed by atoms with Gasteiger partial charge in [0.25, 0.3) is 5.91 Å². The van der Waals surface area contributed by atoms with Crippen molar-refractivity contribution in [3.8, 4) is 0 Å². The molecule has 4 nitrogen and oxygen atoms in total. The number of methoxy groups -OCH3 is 2. The number of nitrogens with one attached hydrogen (secondary N) is 1. The molecule has 0 aromatic rings. The molecule has 0 bridgehead atoms. The molecule has 0 spiro atoms. The van der Waals surface area contributed by atoms with Crippen molar-refractivity contribution in [2.75, 3.05) is 21.3 Å². The van der Waals surface area contributed by atoms with Gasteiger partial charge in [-0.05, 0) is 13.0 Å².